The third kappa shape index (κ3) is 1.81. The number of anilines is 1. The highest BCUT2D eigenvalue weighted by Crippen LogP contribution is 2.60. The van der Waals surface area contributed by atoms with Crippen LogP contribution in [-0.2, 0) is 13.9 Å². The van der Waals surface area contributed by atoms with Crippen molar-refractivity contribution >= 4 is 35.1 Å². The molecule has 2 heterocycles. The van der Waals surface area contributed by atoms with Crippen molar-refractivity contribution in [2.45, 2.75) is 11.2 Å². The molecule has 1 amide bonds. The summed E-state index contributed by atoms with van der Waals surface area (Å²) in [5.41, 5.74) is 8.43. The van der Waals surface area contributed by atoms with Crippen molar-refractivity contribution < 1.29 is 9.63 Å². The van der Waals surface area contributed by atoms with Crippen molar-refractivity contribution in [3.8, 4) is 0 Å². The van der Waals surface area contributed by atoms with Gasteiger partial charge in [0.15, 0.2) is 0 Å². The van der Waals surface area contributed by atoms with Crippen LogP contribution in [0.4, 0.5) is 5.69 Å². The Kier molecular flexibility index (Phi) is 2.80. The SMILES string of the molecule is Cc1ccc2c(c1)C1(ON2CC(N)=O)SC=CS1. The van der Waals surface area contributed by atoms with Crippen LogP contribution in [0.15, 0.2) is 29.0 Å². The average molecular weight is 280 g/mol. The number of thioether (sulfide) groups is 2. The molecule has 18 heavy (non-hydrogen) atoms. The molecule has 2 aliphatic rings. The number of hydrogen-bond acceptors (Lipinski definition) is 5. The number of amides is 1. The molecule has 0 saturated heterocycles. The molecular weight excluding hydrogens is 268 g/mol. The van der Waals surface area contributed by atoms with Crippen LogP contribution in [0, 0.1) is 6.92 Å². The Morgan fingerprint density at radius 3 is 2.83 bits per heavy atom. The maximum Gasteiger partial charge on any atom is 0.239 e. The van der Waals surface area contributed by atoms with Crippen LogP contribution >= 0.6 is 23.5 Å². The molecule has 0 atom stereocenters. The fraction of sp³-hybridized carbons (Fsp3) is 0.250. The van der Waals surface area contributed by atoms with Gasteiger partial charge in [-0.1, -0.05) is 35.2 Å². The lowest BCUT2D eigenvalue weighted by molar-refractivity contribution is -0.118. The third-order valence-electron chi connectivity index (χ3n) is 2.78. The van der Waals surface area contributed by atoms with Crippen molar-refractivity contribution in [1.82, 2.24) is 0 Å². The number of fused-ring (bicyclic) bond motifs is 2. The lowest BCUT2D eigenvalue weighted by Gasteiger charge is -2.22. The van der Waals surface area contributed by atoms with Gasteiger partial charge in [-0.05, 0) is 29.9 Å². The summed E-state index contributed by atoms with van der Waals surface area (Å²) in [5, 5.41) is 5.60. The van der Waals surface area contributed by atoms with Gasteiger partial charge in [-0.15, -0.1) is 0 Å². The first-order valence-corrected chi connectivity index (χ1v) is 7.23. The predicted molar refractivity (Wildman–Crippen MR) is 74.8 cm³/mol. The number of rotatable bonds is 2. The van der Waals surface area contributed by atoms with Crippen LogP contribution in [0.5, 0.6) is 0 Å². The van der Waals surface area contributed by atoms with Crippen LogP contribution in [-0.4, -0.2) is 12.5 Å². The molecule has 2 aliphatic heterocycles. The molecule has 0 unspecified atom stereocenters. The van der Waals surface area contributed by atoms with Crippen molar-refractivity contribution in [3.63, 3.8) is 0 Å². The summed E-state index contributed by atoms with van der Waals surface area (Å²) < 4.78 is -0.489. The zero-order valence-electron chi connectivity index (χ0n) is 9.75. The number of nitrogens with two attached hydrogens (primary N) is 1. The maximum absolute atomic E-state index is 11.1. The topological polar surface area (TPSA) is 55.6 Å². The van der Waals surface area contributed by atoms with Crippen LogP contribution < -0.4 is 10.8 Å². The summed E-state index contributed by atoms with van der Waals surface area (Å²) in [4.78, 5) is 17.0. The van der Waals surface area contributed by atoms with E-state index in [4.69, 9.17) is 10.6 Å². The van der Waals surface area contributed by atoms with Crippen LogP contribution in [0.3, 0.4) is 0 Å². The summed E-state index contributed by atoms with van der Waals surface area (Å²) in [6.07, 6.45) is 0. The lowest BCUT2D eigenvalue weighted by Crippen LogP contribution is -2.33. The van der Waals surface area contributed by atoms with Crippen molar-refractivity contribution in [2.75, 3.05) is 11.6 Å². The van der Waals surface area contributed by atoms with E-state index in [1.165, 1.54) is 5.56 Å². The minimum absolute atomic E-state index is 0.0684. The van der Waals surface area contributed by atoms with E-state index in [-0.39, 0.29) is 6.54 Å². The maximum atomic E-state index is 11.1. The van der Waals surface area contributed by atoms with Crippen LogP contribution in [0.25, 0.3) is 0 Å². The zero-order valence-corrected chi connectivity index (χ0v) is 11.4. The van der Waals surface area contributed by atoms with Crippen LogP contribution in [0.1, 0.15) is 11.1 Å². The van der Waals surface area contributed by atoms with E-state index in [9.17, 15) is 4.79 Å². The first-order chi connectivity index (χ1) is 8.61. The van der Waals surface area contributed by atoms with E-state index in [0.717, 1.165) is 11.3 Å². The summed E-state index contributed by atoms with van der Waals surface area (Å²) in [6, 6.07) is 6.08. The van der Waals surface area contributed by atoms with Gasteiger partial charge in [-0.2, -0.15) is 0 Å². The van der Waals surface area contributed by atoms with Gasteiger partial charge in [0.25, 0.3) is 0 Å². The molecule has 0 aliphatic carbocycles. The molecular formula is C12H12N2O2S2. The van der Waals surface area contributed by atoms with Gasteiger partial charge in [0.1, 0.15) is 6.54 Å². The Labute approximate surface area is 113 Å². The molecule has 0 bridgehead atoms. The Bertz CT molecular complexity index is 537. The summed E-state index contributed by atoms with van der Waals surface area (Å²) >= 11 is 3.20. The molecule has 0 saturated carbocycles. The molecule has 4 nitrogen and oxygen atoms in total. The van der Waals surface area contributed by atoms with Crippen molar-refractivity contribution in [1.29, 1.82) is 0 Å². The van der Waals surface area contributed by atoms with Crippen molar-refractivity contribution in [3.05, 3.63) is 40.1 Å². The molecule has 1 spiro atoms. The number of hydrogen-bond donors (Lipinski definition) is 1. The quantitative estimate of drug-likeness (QED) is 0.901. The Balaban J connectivity index is 2.04. The number of hydroxylamine groups is 1. The number of aryl methyl sites for hydroxylation is 1. The van der Waals surface area contributed by atoms with E-state index in [0.29, 0.717) is 0 Å². The van der Waals surface area contributed by atoms with Gasteiger partial charge < -0.3 is 5.73 Å². The fourth-order valence-corrected chi connectivity index (χ4v) is 4.25. The smallest absolute Gasteiger partial charge is 0.239 e. The molecule has 6 heteroatoms. The van der Waals surface area contributed by atoms with Gasteiger partial charge >= 0.3 is 0 Å². The summed E-state index contributed by atoms with van der Waals surface area (Å²) in [5.74, 6) is -0.403. The minimum atomic E-state index is -0.489. The predicted octanol–water partition coefficient (Wildman–Crippen LogP) is 2.29. The number of carbonyl (C=O) groups is 1. The first kappa shape index (κ1) is 12.0. The monoisotopic (exact) mass is 280 g/mol. The Morgan fingerprint density at radius 2 is 2.17 bits per heavy atom. The largest absolute Gasteiger partial charge is 0.368 e. The zero-order chi connectivity index (χ0) is 12.8. The first-order valence-electron chi connectivity index (χ1n) is 5.47. The highest BCUT2D eigenvalue weighted by molar-refractivity contribution is 8.22. The highest BCUT2D eigenvalue weighted by atomic mass is 32.2. The standard InChI is InChI=1S/C12H12N2O2S2/c1-8-2-3-10-9(6-8)12(17-4-5-18-12)16-14(10)7-11(13)15/h2-6H,7H2,1H3,(H2,13,15). The fourth-order valence-electron chi connectivity index (χ4n) is 2.05. The molecule has 2 N–H and O–H groups in total. The summed E-state index contributed by atoms with van der Waals surface area (Å²) in [7, 11) is 0. The number of carbonyl (C=O) groups excluding carboxylic acids is 1. The van der Waals surface area contributed by atoms with E-state index >= 15 is 0 Å². The Hall–Kier alpha value is -1.11. The van der Waals surface area contributed by atoms with E-state index in [1.54, 1.807) is 28.6 Å². The lowest BCUT2D eigenvalue weighted by atomic mass is 10.1. The van der Waals surface area contributed by atoms with Crippen LogP contribution in [0.2, 0.25) is 0 Å². The minimum Gasteiger partial charge on any atom is -0.368 e. The second kappa shape index (κ2) is 4.22. The molecule has 0 aromatic heterocycles. The normalized spacial score (nSPS) is 19.5. The van der Waals surface area contributed by atoms with Gasteiger partial charge in [-0.25, -0.2) is 9.90 Å². The Morgan fingerprint density at radius 1 is 1.44 bits per heavy atom. The van der Waals surface area contributed by atoms with E-state index < -0.39 is 10.2 Å². The van der Waals surface area contributed by atoms with Gasteiger partial charge in [0.05, 0.1) is 5.69 Å². The number of nitrogens with zero attached hydrogens (tertiary/aromatic N) is 1. The highest BCUT2D eigenvalue weighted by Gasteiger charge is 2.47. The van der Waals surface area contributed by atoms with Gasteiger partial charge in [0, 0.05) is 5.56 Å². The number of primary amides is 1. The molecule has 0 radical (unpaired) electrons. The van der Waals surface area contributed by atoms with E-state index in [1.807, 2.05) is 29.9 Å². The summed E-state index contributed by atoms with van der Waals surface area (Å²) in [6.45, 7) is 2.11. The van der Waals surface area contributed by atoms with Crippen molar-refractivity contribution in [2.24, 2.45) is 5.73 Å². The molecule has 1 aromatic rings. The molecule has 0 fully saturated rings. The second-order valence-electron chi connectivity index (χ2n) is 4.18. The molecule has 1 aromatic carbocycles. The molecule has 3 rings (SSSR count). The third-order valence-corrected chi connectivity index (χ3v) is 5.29. The van der Waals surface area contributed by atoms with Gasteiger partial charge in [-0.3, -0.25) is 4.79 Å². The second-order valence-corrected chi connectivity index (χ2v) is 6.60. The number of benzene rings is 1. The average Bonchev–Trinajstić information content (AvgIpc) is 2.87. The van der Waals surface area contributed by atoms with E-state index in [2.05, 4.69) is 6.07 Å². The molecule has 94 valence electrons. The van der Waals surface area contributed by atoms with Gasteiger partial charge in [0.2, 0.25) is 10.2 Å².